The van der Waals surface area contributed by atoms with E-state index in [1.165, 1.54) is 10.1 Å². The number of hydrogen-bond acceptors (Lipinski definition) is 3. The average Bonchev–Trinajstić information content (AvgIpc) is 2.76. The van der Waals surface area contributed by atoms with Crippen molar-refractivity contribution in [2.75, 3.05) is 6.54 Å². The Bertz CT molecular complexity index is 572. The Morgan fingerprint density at radius 2 is 2.16 bits per heavy atom. The summed E-state index contributed by atoms with van der Waals surface area (Å²) in [7, 11) is 0. The molecular weight excluding hydrogens is 256 g/mol. The number of rotatable bonds is 4. The molecule has 1 aromatic heterocycles. The summed E-state index contributed by atoms with van der Waals surface area (Å²) in [5.74, 6) is 0.774. The van der Waals surface area contributed by atoms with Crippen LogP contribution in [0.4, 0.5) is 0 Å². The highest BCUT2D eigenvalue weighted by molar-refractivity contribution is 7.19. The molecule has 3 rings (SSSR count). The first-order valence-corrected chi connectivity index (χ1v) is 7.52. The Hall–Kier alpha value is -1.39. The van der Waals surface area contributed by atoms with Gasteiger partial charge in [-0.1, -0.05) is 32.0 Å². The molecule has 1 unspecified atom stereocenters. The monoisotopic (exact) mass is 274 g/mol. The maximum Gasteiger partial charge on any atom is 0.258 e. The molecule has 4 heteroatoms. The Labute approximate surface area is 117 Å². The van der Waals surface area contributed by atoms with Crippen molar-refractivity contribution in [3.05, 3.63) is 35.2 Å². The fraction of sp³-hybridized carbons (Fsp3) is 0.400. The lowest BCUT2D eigenvalue weighted by Gasteiger charge is -2.39. The molecule has 1 N–H and O–H groups in total. The van der Waals surface area contributed by atoms with Crippen LogP contribution in [0.3, 0.4) is 0 Å². The van der Waals surface area contributed by atoms with Crippen LogP contribution in [0.2, 0.25) is 0 Å². The molecule has 1 saturated heterocycles. The summed E-state index contributed by atoms with van der Waals surface area (Å²) < 4.78 is 1.25. The molecule has 100 valence electrons. The number of nitrogens with one attached hydrogen (secondary N) is 1. The fourth-order valence-corrected chi connectivity index (χ4v) is 3.52. The van der Waals surface area contributed by atoms with Gasteiger partial charge in [0.25, 0.3) is 5.91 Å². The van der Waals surface area contributed by atoms with Gasteiger partial charge in [-0.25, -0.2) is 5.01 Å². The van der Waals surface area contributed by atoms with Gasteiger partial charge < -0.3 is 0 Å². The van der Waals surface area contributed by atoms with Gasteiger partial charge >= 0.3 is 0 Å². The number of fused-ring (bicyclic) bond motifs is 1. The Balaban J connectivity index is 1.81. The molecule has 0 saturated carbocycles. The van der Waals surface area contributed by atoms with Gasteiger partial charge in [-0.3, -0.25) is 10.2 Å². The van der Waals surface area contributed by atoms with Crippen molar-refractivity contribution in [3.63, 3.8) is 0 Å². The van der Waals surface area contributed by atoms with Crippen LogP contribution in [0, 0.1) is 5.92 Å². The minimum absolute atomic E-state index is 0.0869. The maximum atomic E-state index is 11.8. The SMILES string of the molecule is CC(C)CCN1NC(=O)C1c1cc2ccccc2s1. The fourth-order valence-electron chi connectivity index (χ4n) is 2.34. The Morgan fingerprint density at radius 1 is 1.37 bits per heavy atom. The first kappa shape index (κ1) is 12.6. The molecule has 3 nitrogen and oxygen atoms in total. The molecule has 0 bridgehead atoms. The number of thiophene rings is 1. The van der Waals surface area contributed by atoms with Crippen molar-refractivity contribution in [1.82, 2.24) is 10.4 Å². The van der Waals surface area contributed by atoms with E-state index in [4.69, 9.17) is 0 Å². The standard InChI is InChI=1S/C15H18N2OS/c1-10(2)7-8-17-14(15(18)16-17)13-9-11-5-3-4-6-12(11)19-13/h3-6,9-10,14H,7-8H2,1-2H3,(H,16,18). The molecule has 2 aromatic rings. The van der Waals surface area contributed by atoms with E-state index in [1.807, 2.05) is 12.1 Å². The van der Waals surface area contributed by atoms with Gasteiger partial charge in [0.05, 0.1) is 0 Å². The predicted octanol–water partition coefficient (Wildman–Crippen LogP) is 3.34. The molecule has 1 atom stereocenters. The first-order chi connectivity index (χ1) is 9.15. The predicted molar refractivity (Wildman–Crippen MR) is 78.9 cm³/mol. The van der Waals surface area contributed by atoms with E-state index >= 15 is 0 Å². The van der Waals surface area contributed by atoms with Crippen molar-refractivity contribution >= 4 is 27.3 Å². The van der Waals surface area contributed by atoms with E-state index in [1.54, 1.807) is 11.3 Å². The summed E-state index contributed by atoms with van der Waals surface area (Å²) in [5.41, 5.74) is 2.89. The molecule has 1 aromatic carbocycles. The zero-order valence-corrected chi connectivity index (χ0v) is 12.0. The molecule has 19 heavy (non-hydrogen) atoms. The molecule has 1 aliphatic rings. The highest BCUT2D eigenvalue weighted by atomic mass is 32.1. The zero-order valence-electron chi connectivity index (χ0n) is 11.2. The van der Waals surface area contributed by atoms with Crippen molar-refractivity contribution in [2.24, 2.45) is 5.92 Å². The van der Waals surface area contributed by atoms with Crippen LogP contribution in [-0.4, -0.2) is 17.5 Å². The smallest absolute Gasteiger partial charge is 0.258 e. The molecule has 0 aliphatic carbocycles. The summed E-state index contributed by atoms with van der Waals surface area (Å²) in [6, 6.07) is 10.3. The topological polar surface area (TPSA) is 32.3 Å². The van der Waals surface area contributed by atoms with Gasteiger partial charge in [-0.15, -0.1) is 11.3 Å². The maximum absolute atomic E-state index is 11.8. The number of hydrogen-bond donors (Lipinski definition) is 1. The Kier molecular flexibility index (Phi) is 3.29. The van der Waals surface area contributed by atoms with Gasteiger partial charge in [0.15, 0.2) is 0 Å². The molecule has 1 aliphatic heterocycles. The lowest BCUT2D eigenvalue weighted by atomic mass is 10.1. The highest BCUT2D eigenvalue weighted by Crippen LogP contribution is 2.35. The van der Waals surface area contributed by atoms with Gasteiger partial charge in [0.2, 0.25) is 0 Å². The highest BCUT2D eigenvalue weighted by Gasteiger charge is 2.39. The number of carbonyl (C=O) groups excluding carboxylic acids is 1. The Morgan fingerprint density at radius 3 is 2.84 bits per heavy atom. The third-order valence-corrected chi connectivity index (χ3v) is 4.64. The number of carbonyl (C=O) groups is 1. The van der Waals surface area contributed by atoms with Crippen molar-refractivity contribution in [2.45, 2.75) is 26.3 Å². The van der Waals surface area contributed by atoms with Crippen LogP contribution in [0.25, 0.3) is 10.1 Å². The van der Waals surface area contributed by atoms with Gasteiger partial charge in [-0.05, 0) is 29.9 Å². The third kappa shape index (κ3) is 2.38. The number of amides is 1. The molecule has 2 heterocycles. The van der Waals surface area contributed by atoms with Crippen LogP contribution in [-0.2, 0) is 4.79 Å². The molecular formula is C15H18N2OS. The minimum atomic E-state index is -0.0869. The zero-order chi connectivity index (χ0) is 13.4. The summed E-state index contributed by atoms with van der Waals surface area (Å²) >= 11 is 1.72. The average molecular weight is 274 g/mol. The normalized spacial score (nSPS) is 19.7. The van der Waals surface area contributed by atoms with Crippen LogP contribution in [0.5, 0.6) is 0 Å². The largest absolute Gasteiger partial charge is 0.286 e. The third-order valence-electron chi connectivity index (χ3n) is 3.48. The van der Waals surface area contributed by atoms with Crippen LogP contribution >= 0.6 is 11.3 Å². The first-order valence-electron chi connectivity index (χ1n) is 6.71. The van der Waals surface area contributed by atoms with Crippen LogP contribution in [0.15, 0.2) is 30.3 Å². The van der Waals surface area contributed by atoms with E-state index in [0.29, 0.717) is 5.92 Å². The second kappa shape index (κ2) is 4.94. The van der Waals surface area contributed by atoms with Crippen molar-refractivity contribution in [1.29, 1.82) is 0 Å². The van der Waals surface area contributed by atoms with E-state index in [-0.39, 0.29) is 11.9 Å². The summed E-state index contributed by atoms with van der Waals surface area (Å²) in [6.07, 6.45) is 1.10. The number of benzene rings is 1. The molecule has 0 radical (unpaired) electrons. The van der Waals surface area contributed by atoms with Crippen molar-refractivity contribution < 1.29 is 4.79 Å². The van der Waals surface area contributed by atoms with Crippen molar-refractivity contribution in [3.8, 4) is 0 Å². The minimum Gasteiger partial charge on any atom is -0.286 e. The summed E-state index contributed by atoms with van der Waals surface area (Å²) in [6.45, 7) is 5.33. The second-order valence-electron chi connectivity index (χ2n) is 5.44. The second-order valence-corrected chi connectivity index (χ2v) is 6.56. The van der Waals surface area contributed by atoms with Gasteiger partial charge in [0.1, 0.15) is 6.04 Å². The lowest BCUT2D eigenvalue weighted by Crippen LogP contribution is -2.60. The number of hydrazine groups is 1. The summed E-state index contributed by atoms with van der Waals surface area (Å²) in [5, 5.41) is 3.29. The van der Waals surface area contributed by atoms with Crippen LogP contribution in [0.1, 0.15) is 31.2 Å². The lowest BCUT2D eigenvalue weighted by molar-refractivity contribution is -0.149. The molecule has 1 amide bonds. The quantitative estimate of drug-likeness (QED) is 0.927. The van der Waals surface area contributed by atoms with E-state index < -0.39 is 0 Å². The van der Waals surface area contributed by atoms with E-state index in [0.717, 1.165) is 17.8 Å². The molecule has 1 fully saturated rings. The van der Waals surface area contributed by atoms with E-state index in [2.05, 4.69) is 42.5 Å². The van der Waals surface area contributed by atoms with Gasteiger partial charge in [0, 0.05) is 16.1 Å². The molecule has 0 spiro atoms. The summed E-state index contributed by atoms with van der Waals surface area (Å²) in [4.78, 5) is 13.0. The van der Waals surface area contributed by atoms with Gasteiger partial charge in [-0.2, -0.15) is 0 Å². The van der Waals surface area contributed by atoms with E-state index in [9.17, 15) is 4.79 Å². The van der Waals surface area contributed by atoms with Crippen LogP contribution < -0.4 is 5.43 Å². The number of nitrogens with zero attached hydrogens (tertiary/aromatic N) is 1.